The molecule has 1 aromatic carbocycles. The van der Waals surface area contributed by atoms with Crippen LogP contribution in [0, 0.1) is 11.6 Å². The number of hydrogen-bond donors (Lipinski definition) is 1. The van der Waals surface area contributed by atoms with E-state index in [1.54, 1.807) is 23.4 Å². The van der Waals surface area contributed by atoms with Crippen molar-refractivity contribution in [3.63, 3.8) is 0 Å². The van der Waals surface area contributed by atoms with Gasteiger partial charge in [-0.2, -0.15) is 0 Å². The van der Waals surface area contributed by atoms with Crippen LogP contribution in [-0.2, 0) is 0 Å². The van der Waals surface area contributed by atoms with Crippen LogP contribution >= 0.6 is 0 Å². The van der Waals surface area contributed by atoms with E-state index in [-0.39, 0.29) is 23.2 Å². The van der Waals surface area contributed by atoms with Gasteiger partial charge in [0.15, 0.2) is 11.6 Å². The first-order valence-electron chi connectivity index (χ1n) is 8.96. The number of piperazine rings is 1. The number of halogens is 2. The fraction of sp³-hybridized carbons (Fsp3) is 0.211. The minimum atomic E-state index is -0.984. The molecule has 1 fully saturated rings. The van der Waals surface area contributed by atoms with Gasteiger partial charge in [0.1, 0.15) is 5.69 Å². The highest BCUT2D eigenvalue weighted by Crippen LogP contribution is 2.17. The number of aromatic nitrogens is 4. The van der Waals surface area contributed by atoms with E-state index in [1.165, 1.54) is 18.3 Å². The fourth-order valence-electron chi connectivity index (χ4n) is 2.97. The van der Waals surface area contributed by atoms with Gasteiger partial charge >= 0.3 is 0 Å². The fourth-order valence-corrected chi connectivity index (χ4v) is 2.97. The zero-order valence-electron chi connectivity index (χ0n) is 15.3. The van der Waals surface area contributed by atoms with Crippen LogP contribution < -0.4 is 10.2 Å². The van der Waals surface area contributed by atoms with Crippen LogP contribution in [0.4, 0.5) is 26.4 Å². The number of amides is 1. The largest absolute Gasteiger partial charge is 0.337 e. The molecule has 0 spiro atoms. The summed E-state index contributed by atoms with van der Waals surface area (Å²) in [6, 6.07) is 6.64. The van der Waals surface area contributed by atoms with Crippen molar-refractivity contribution in [2.75, 3.05) is 36.4 Å². The van der Waals surface area contributed by atoms with E-state index >= 15 is 0 Å². The molecule has 0 unspecified atom stereocenters. The summed E-state index contributed by atoms with van der Waals surface area (Å²) in [6.45, 7) is 2.24. The Labute approximate surface area is 165 Å². The zero-order valence-corrected chi connectivity index (χ0v) is 15.3. The standard InChI is InChI=1S/C19H17F2N7O/c20-14-3-2-13(12-15(14)21)25-18-22-7-4-16(26-18)17(29)27-8-10-28(11-9-27)19-23-5-1-6-24-19/h1-7,12H,8-11H2,(H,22,25,26). The highest BCUT2D eigenvalue weighted by molar-refractivity contribution is 5.92. The summed E-state index contributed by atoms with van der Waals surface area (Å²) in [5.74, 6) is -1.39. The molecule has 8 nitrogen and oxygen atoms in total. The quantitative estimate of drug-likeness (QED) is 0.723. The third-order valence-electron chi connectivity index (χ3n) is 4.45. The lowest BCUT2D eigenvalue weighted by Crippen LogP contribution is -2.49. The van der Waals surface area contributed by atoms with Crippen LogP contribution in [0.5, 0.6) is 0 Å². The first-order chi connectivity index (χ1) is 14.1. The van der Waals surface area contributed by atoms with Crippen molar-refractivity contribution >= 4 is 23.5 Å². The second kappa shape index (κ2) is 8.13. The minimum Gasteiger partial charge on any atom is -0.337 e. The molecule has 0 saturated carbocycles. The number of anilines is 3. The van der Waals surface area contributed by atoms with Gasteiger partial charge in [-0.3, -0.25) is 4.79 Å². The molecule has 1 aliphatic heterocycles. The van der Waals surface area contributed by atoms with Crippen molar-refractivity contribution in [1.29, 1.82) is 0 Å². The summed E-state index contributed by atoms with van der Waals surface area (Å²) < 4.78 is 26.4. The number of hydrogen-bond acceptors (Lipinski definition) is 7. The van der Waals surface area contributed by atoms with Crippen molar-refractivity contribution in [2.24, 2.45) is 0 Å². The Bertz CT molecular complexity index is 1010. The van der Waals surface area contributed by atoms with Crippen LogP contribution in [0.3, 0.4) is 0 Å². The second-order valence-corrected chi connectivity index (χ2v) is 6.35. The predicted molar refractivity (Wildman–Crippen MR) is 102 cm³/mol. The first kappa shape index (κ1) is 18.7. The van der Waals surface area contributed by atoms with Gasteiger partial charge in [0.05, 0.1) is 0 Å². The van der Waals surface area contributed by atoms with Crippen LogP contribution in [0.2, 0.25) is 0 Å². The molecule has 1 N–H and O–H groups in total. The molecule has 3 heterocycles. The molecule has 0 radical (unpaired) electrons. The Morgan fingerprint density at radius 1 is 0.931 bits per heavy atom. The van der Waals surface area contributed by atoms with E-state index in [0.717, 1.165) is 12.1 Å². The number of carbonyl (C=O) groups is 1. The first-order valence-corrected chi connectivity index (χ1v) is 8.96. The maximum atomic E-state index is 13.4. The van der Waals surface area contributed by atoms with Crippen molar-refractivity contribution in [3.05, 3.63) is 66.3 Å². The van der Waals surface area contributed by atoms with Gasteiger partial charge in [0.25, 0.3) is 5.91 Å². The Balaban J connectivity index is 1.41. The van der Waals surface area contributed by atoms with Crippen LogP contribution in [-0.4, -0.2) is 56.9 Å². The van der Waals surface area contributed by atoms with Crippen molar-refractivity contribution < 1.29 is 13.6 Å². The number of nitrogens with zero attached hydrogens (tertiary/aromatic N) is 6. The molecule has 1 saturated heterocycles. The third-order valence-corrected chi connectivity index (χ3v) is 4.45. The average Bonchev–Trinajstić information content (AvgIpc) is 2.77. The van der Waals surface area contributed by atoms with E-state index in [1.807, 2.05) is 4.90 Å². The van der Waals surface area contributed by atoms with Crippen molar-refractivity contribution in [3.8, 4) is 0 Å². The summed E-state index contributed by atoms with van der Waals surface area (Å²) in [6.07, 6.45) is 4.81. The maximum absolute atomic E-state index is 13.4. The van der Waals surface area contributed by atoms with Crippen molar-refractivity contribution in [1.82, 2.24) is 24.8 Å². The molecule has 148 valence electrons. The zero-order chi connectivity index (χ0) is 20.2. The van der Waals surface area contributed by atoms with E-state index in [2.05, 4.69) is 25.3 Å². The molecule has 1 amide bonds. The Hall–Kier alpha value is -3.69. The van der Waals surface area contributed by atoms with Crippen molar-refractivity contribution in [2.45, 2.75) is 0 Å². The lowest BCUT2D eigenvalue weighted by molar-refractivity contribution is 0.0740. The predicted octanol–water partition coefficient (Wildman–Crippen LogP) is 2.25. The molecular formula is C19H17F2N7O. The highest BCUT2D eigenvalue weighted by atomic mass is 19.2. The summed E-state index contributed by atoms with van der Waals surface area (Å²) >= 11 is 0. The molecule has 0 atom stereocenters. The van der Waals surface area contributed by atoms with E-state index in [4.69, 9.17) is 0 Å². The van der Waals surface area contributed by atoms with Gasteiger partial charge in [0.2, 0.25) is 11.9 Å². The SMILES string of the molecule is O=C(c1ccnc(Nc2ccc(F)c(F)c2)n1)N1CCN(c2ncccn2)CC1. The van der Waals surface area contributed by atoms with Gasteiger partial charge in [0, 0.05) is 56.5 Å². The molecule has 4 rings (SSSR count). The average molecular weight is 397 g/mol. The normalized spacial score (nSPS) is 14.0. The Kier molecular flexibility index (Phi) is 5.23. The van der Waals surface area contributed by atoms with Gasteiger partial charge in [-0.05, 0) is 24.3 Å². The highest BCUT2D eigenvalue weighted by Gasteiger charge is 2.24. The molecule has 1 aliphatic rings. The smallest absolute Gasteiger partial charge is 0.272 e. The van der Waals surface area contributed by atoms with E-state index in [9.17, 15) is 13.6 Å². The number of rotatable bonds is 4. The molecule has 0 bridgehead atoms. The Morgan fingerprint density at radius 3 is 2.41 bits per heavy atom. The summed E-state index contributed by atoms with van der Waals surface area (Å²) in [4.78, 5) is 33.2. The minimum absolute atomic E-state index is 0.123. The third kappa shape index (κ3) is 4.26. The molecule has 10 heteroatoms. The van der Waals surface area contributed by atoms with Crippen LogP contribution in [0.1, 0.15) is 10.5 Å². The van der Waals surface area contributed by atoms with Gasteiger partial charge in [-0.15, -0.1) is 0 Å². The van der Waals surface area contributed by atoms with Gasteiger partial charge < -0.3 is 15.1 Å². The number of carbonyl (C=O) groups excluding carboxylic acids is 1. The van der Waals surface area contributed by atoms with E-state index < -0.39 is 11.6 Å². The molecule has 0 aliphatic carbocycles. The lowest BCUT2D eigenvalue weighted by atomic mass is 10.2. The molecular weight excluding hydrogens is 380 g/mol. The van der Waals surface area contributed by atoms with Crippen LogP contribution in [0.15, 0.2) is 48.9 Å². The van der Waals surface area contributed by atoms with E-state index in [0.29, 0.717) is 32.1 Å². The van der Waals surface area contributed by atoms with Crippen LogP contribution in [0.25, 0.3) is 0 Å². The summed E-state index contributed by atoms with van der Waals surface area (Å²) in [5.41, 5.74) is 0.500. The summed E-state index contributed by atoms with van der Waals surface area (Å²) in [7, 11) is 0. The summed E-state index contributed by atoms with van der Waals surface area (Å²) in [5, 5.41) is 2.77. The lowest BCUT2D eigenvalue weighted by Gasteiger charge is -2.34. The maximum Gasteiger partial charge on any atom is 0.272 e. The monoisotopic (exact) mass is 397 g/mol. The molecule has 3 aromatic rings. The van der Waals surface area contributed by atoms with Gasteiger partial charge in [-0.1, -0.05) is 0 Å². The number of benzene rings is 1. The second-order valence-electron chi connectivity index (χ2n) is 6.35. The number of nitrogens with one attached hydrogen (secondary N) is 1. The molecule has 2 aromatic heterocycles. The van der Waals surface area contributed by atoms with Gasteiger partial charge in [-0.25, -0.2) is 28.7 Å². The Morgan fingerprint density at radius 2 is 1.69 bits per heavy atom. The topological polar surface area (TPSA) is 87.1 Å². The molecule has 29 heavy (non-hydrogen) atoms.